The summed E-state index contributed by atoms with van der Waals surface area (Å²) in [7, 11) is 1.39. The third-order valence-electron chi connectivity index (χ3n) is 4.74. The molecule has 0 aliphatic rings. The van der Waals surface area contributed by atoms with Crippen LogP contribution in [-0.4, -0.2) is 42.6 Å². The van der Waals surface area contributed by atoms with Crippen LogP contribution in [0.5, 0.6) is 5.75 Å². The molecule has 0 aliphatic carbocycles. The number of nitrogens with zero attached hydrogens (tertiary/aromatic N) is 1. The summed E-state index contributed by atoms with van der Waals surface area (Å²) in [5.41, 5.74) is 6.21. The summed E-state index contributed by atoms with van der Waals surface area (Å²) in [6.45, 7) is 1.66. The Labute approximate surface area is 175 Å². The van der Waals surface area contributed by atoms with Crippen LogP contribution in [0.4, 0.5) is 0 Å². The summed E-state index contributed by atoms with van der Waals surface area (Å²) in [4.78, 5) is 25.8. The van der Waals surface area contributed by atoms with Crippen molar-refractivity contribution in [2.45, 2.75) is 25.8 Å². The summed E-state index contributed by atoms with van der Waals surface area (Å²) >= 11 is 0. The number of aryl methyl sites for hydroxylation is 1. The Kier molecular flexibility index (Phi) is 7.86. The molecule has 0 bridgehead atoms. The molecule has 158 valence electrons. The summed E-state index contributed by atoms with van der Waals surface area (Å²) < 4.78 is 10.5. The van der Waals surface area contributed by atoms with Crippen LogP contribution in [0.25, 0.3) is 10.9 Å². The van der Waals surface area contributed by atoms with Crippen molar-refractivity contribution in [3.8, 4) is 5.75 Å². The van der Waals surface area contributed by atoms with E-state index in [9.17, 15) is 9.59 Å². The highest BCUT2D eigenvalue weighted by Gasteiger charge is 2.07. The lowest BCUT2D eigenvalue weighted by Crippen LogP contribution is -2.37. The lowest BCUT2D eigenvalue weighted by molar-refractivity contribution is -0.140. The number of fused-ring (bicyclic) bond motifs is 1. The molecule has 0 aliphatic heterocycles. The summed E-state index contributed by atoms with van der Waals surface area (Å²) in [6.07, 6.45) is 2.45. The van der Waals surface area contributed by atoms with E-state index in [0.29, 0.717) is 39.0 Å². The average Bonchev–Trinajstić information content (AvgIpc) is 3.20. The average molecular weight is 409 g/mol. The molecule has 2 aromatic carbocycles. The van der Waals surface area contributed by atoms with Crippen LogP contribution >= 0.6 is 0 Å². The standard InChI is InChI=1S/C23H27N3O4/c1-29-23(28)11-8-20-14-19-15-21(9-10-22(19)25-20)30-13-5-12-26(17-27)24-16-18-6-3-2-4-7-18/h2-4,6-7,9-10,14-15,17,24-25H,5,8,11-13,16H2,1H3. The van der Waals surface area contributed by atoms with E-state index in [4.69, 9.17) is 4.74 Å². The highest BCUT2D eigenvalue weighted by Crippen LogP contribution is 2.22. The monoisotopic (exact) mass is 409 g/mol. The number of aromatic nitrogens is 1. The first kappa shape index (κ1) is 21.4. The van der Waals surface area contributed by atoms with E-state index < -0.39 is 0 Å². The largest absolute Gasteiger partial charge is 0.494 e. The highest BCUT2D eigenvalue weighted by molar-refractivity contribution is 5.82. The number of hydrogen-bond donors (Lipinski definition) is 2. The molecule has 0 saturated heterocycles. The number of carbonyl (C=O) groups excluding carboxylic acids is 2. The van der Waals surface area contributed by atoms with Gasteiger partial charge >= 0.3 is 5.97 Å². The first-order valence-electron chi connectivity index (χ1n) is 9.98. The van der Waals surface area contributed by atoms with Crippen molar-refractivity contribution >= 4 is 23.3 Å². The predicted octanol–water partition coefficient (Wildman–Crippen LogP) is 3.21. The molecule has 7 nitrogen and oxygen atoms in total. The van der Waals surface area contributed by atoms with E-state index >= 15 is 0 Å². The summed E-state index contributed by atoms with van der Waals surface area (Å²) in [6, 6.07) is 17.8. The Balaban J connectivity index is 1.43. The van der Waals surface area contributed by atoms with Crippen LogP contribution in [0.15, 0.2) is 54.6 Å². The molecule has 7 heteroatoms. The van der Waals surface area contributed by atoms with Gasteiger partial charge in [0.2, 0.25) is 6.41 Å². The van der Waals surface area contributed by atoms with E-state index in [1.54, 1.807) is 5.01 Å². The van der Waals surface area contributed by atoms with Crippen molar-refractivity contribution in [1.29, 1.82) is 0 Å². The molecule has 3 rings (SSSR count). The molecular formula is C23H27N3O4. The third kappa shape index (κ3) is 6.35. The molecule has 0 saturated carbocycles. The Hall–Kier alpha value is -3.32. The number of hydrazine groups is 1. The van der Waals surface area contributed by atoms with Crippen molar-refractivity contribution in [3.05, 3.63) is 65.9 Å². The lowest BCUT2D eigenvalue weighted by Gasteiger charge is -2.18. The maximum atomic E-state index is 11.3. The number of H-pyrrole nitrogens is 1. The molecule has 2 N–H and O–H groups in total. The van der Waals surface area contributed by atoms with E-state index in [1.165, 1.54) is 7.11 Å². The highest BCUT2D eigenvalue weighted by atomic mass is 16.5. The number of ether oxygens (including phenoxy) is 2. The molecule has 0 radical (unpaired) electrons. The van der Waals surface area contributed by atoms with Crippen molar-refractivity contribution in [2.24, 2.45) is 0 Å². The van der Waals surface area contributed by atoms with Gasteiger partial charge in [-0.25, -0.2) is 5.43 Å². The van der Waals surface area contributed by atoms with Crippen molar-refractivity contribution in [2.75, 3.05) is 20.3 Å². The van der Waals surface area contributed by atoms with Gasteiger partial charge in [0.15, 0.2) is 0 Å². The molecule has 1 amide bonds. The van der Waals surface area contributed by atoms with Crippen LogP contribution in [0.2, 0.25) is 0 Å². The molecule has 1 aromatic heterocycles. The molecule has 3 aromatic rings. The lowest BCUT2D eigenvalue weighted by atomic mass is 10.2. The molecular weight excluding hydrogens is 382 g/mol. The fourth-order valence-corrected chi connectivity index (χ4v) is 3.12. The second kappa shape index (κ2) is 11.0. The molecule has 0 fully saturated rings. The van der Waals surface area contributed by atoms with Crippen LogP contribution in [0.3, 0.4) is 0 Å². The molecule has 0 atom stereocenters. The van der Waals surface area contributed by atoms with E-state index in [-0.39, 0.29) is 5.97 Å². The van der Waals surface area contributed by atoms with Gasteiger partial charge in [-0.15, -0.1) is 0 Å². The zero-order chi connectivity index (χ0) is 21.2. The van der Waals surface area contributed by atoms with Gasteiger partial charge in [-0.05, 0) is 36.2 Å². The number of methoxy groups -OCH3 is 1. The minimum absolute atomic E-state index is 0.222. The van der Waals surface area contributed by atoms with Crippen LogP contribution in [0, 0.1) is 0 Å². The number of rotatable bonds is 12. The summed E-state index contributed by atoms with van der Waals surface area (Å²) in [5, 5.41) is 2.57. The van der Waals surface area contributed by atoms with Gasteiger partial charge in [0, 0.05) is 36.1 Å². The quantitative estimate of drug-likeness (QED) is 0.208. The second-order valence-electron chi connectivity index (χ2n) is 6.94. The fourth-order valence-electron chi connectivity index (χ4n) is 3.12. The maximum absolute atomic E-state index is 11.3. The SMILES string of the molecule is COC(=O)CCc1cc2cc(OCCCN(C=O)NCc3ccccc3)ccc2[nH]1. The van der Waals surface area contributed by atoms with E-state index in [1.807, 2.05) is 54.6 Å². The van der Waals surface area contributed by atoms with Crippen molar-refractivity contribution in [3.63, 3.8) is 0 Å². The van der Waals surface area contributed by atoms with Gasteiger partial charge in [-0.3, -0.25) is 14.6 Å². The van der Waals surface area contributed by atoms with Crippen LogP contribution in [0.1, 0.15) is 24.1 Å². The number of nitrogens with one attached hydrogen (secondary N) is 2. The number of hydrogen-bond acceptors (Lipinski definition) is 5. The minimum atomic E-state index is -0.222. The normalized spacial score (nSPS) is 10.7. The Bertz CT molecular complexity index is 955. The topological polar surface area (TPSA) is 83.7 Å². The van der Waals surface area contributed by atoms with Gasteiger partial charge in [-0.2, -0.15) is 0 Å². The van der Waals surface area contributed by atoms with Gasteiger partial charge in [0.1, 0.15) is 5.75 Å². The zero-order valence-electron chi connectivity index (χ0n) is 17.1. The molecule has 0 spiro atoms. The maximum Gasteiger partial charge on any atom is 0.305 e. The van der Waals surface area contributed by atoms with Gasteiger partial charge < -0.3 is 14.5 Å². The number of benzene rings is 2. The molecule has 1 heterocycles. The number of carbonyl (C=O) groups is 2. The first-order chi connectivity index (χ1) is 14.7. The number of aromatic amines is 1. The predicted molar refractivity (Wildman–Crippen MR) is 115 cm³/mol. The minimum Gasteiger partial charge on any atom is -0.494 e. The first-order valence-corrected chi connectivity index (χ1v) is 9.98. The number of amides is 1. The Morgan fingerprint density at radius 1 is 1.17 bits per heavy atom. The van der Waals surface area contributed by atoms with Crippen molar-refractivity contribution < 1.29 is 19.1 Å². The van der Waals surface area contributed by atoms with Crippen LogP contribution < -0.4 is 10.2 Å². The van der Waals surface area contributed by atoms with Gasteiger partial charge in [-0.1, -0.05) is 30.3 Å². The third-order valence-corrected chi connectivity index (χ3v) is 4.74. The second-order valence-corrected chi connectivity index (χ2v) is 6.94. The van der Waals surface area contributed by atoms with Gasteiger partial charge in [0.05, 0.1) is 20.1 Å². The Morgan fingerprint density at radius 2 is 2.00 bits per heavy atom. The van der Waals surface area contributed by atoms with Crippen LogP contribution in [-0.2, 0) is 27.3 Å². The van der Waals surface area contributed by atoms with Crippen molar-refractivity contribution in [1.82, 2.24) is 15.4 Å². The molecule has 30 heavy (non-hydrogen) atoms. The molecule has 0 unspecified atom stereocenters. The summed E-state index contributed by atoms with van der Waals surface area (Å²) in [5.74, 6) is 0.552. The zero-order valence-corrected chi connectivity index (χ0v) is 17.1. The fraction of sp³-hybridized carbons (Fsp3) is 0.304. The smallest absolute Gasteiger partial charge is 0.305 e. The Morgan fingerprint density at radius 3 is 2.77 bits per heavy atom. The van der Waals surface area contributed by atoms with E-state index in [2.05, 4.69) is 15.1 Å². The van der Waals surface area contributed by atoms with E-state index in [0.717, 1.165) is 34.3 Å². The number of esters is 1. The van der Waals surface area contributed by atoms with Gasteiger partial charge in [0.25, 0.3) is 0 Å².